The molecule has 5 heteroatoms. The zero-order valence-corrected chi connectivity index (χ0v) is 11.3. The molecular weight excluding hydrogens is 269 g/mol. The number of halogens is 1. The molecule has 4 nitrogen and oxygen atoms in total. The molecule has 0 amide bonds. The maximum Gasteiger partial charge on any atom is 0.133 e. The molecule has 21 heavy (non-hydrogen) atoms. The second-order valence-corrected chi connectivity index (χ2v) is 4.63. The first-order valence-electron chi connectivity index (χ1n) is 6.66. The van der Waals surface area contributed by atoms with Gasteiger partial charge in [-0.1, -0.05) is 23.4 Å². The predicted octanol–water partition coefficient (Wildman–Crippen LogP) is 3.53. The number of nitrogens with zero attached hydrogens (tertiary/aromatic N) is 2. The second kappa shape index (κ2) is 6.17. The van der Waals surface area contributed by atoms with Crippen LogP contribution in [-0.4, -0.2) is 16.7 Å². The van der Waals surface area contributed by atoms with Gasteiger partial charge in [-0.15, -0.1) is 0 Å². The largest absolute Gasteiger partial charge is 0.370 e. The van der Waals surface area contributed by atoms with Crippen LogP contribution in [0.4, 0.5) is 10.2 Å². The molecule has 3 aromatic rings. The maximum atomic E-state index is 13.1. The van der Waals surface area contributed by atoms with Gasteiger partial charge in [0.05, 0.1) is 17.5 Å². The van der Waals surface area contributed by atoms with Crippen molar-refractivity contribution >= 4 is 5.82 Å². The molecule has 0 radical (unpaired) electrons. The predicted molar refractivity (Wildman–Crippen MR) is 78.3 cm³/mol. The number of anilines is 1. The summed E-state index contributed by atoms with van der Waals surface area (Å²) in [7, 11) is 0. The van der Waals surface area contributed by atoms with Crippen LogP contribution in [0.3, 0.4) is 0 Å². The summed E-state index contributed by atoms with van der Waals surface area (Å²) in [6.07, 6.45) is 3.91. The highest BCUT2D eigenvalue weighted by molar-refractivity contribution is 5.58. The molecule has 3 rings (SSSR count). The average molecular weight is 283 g/mol. The Kier molecular flexibility index (Phi) is 3.91. The fourth-order valence-corrected chi connectivity index (χ4v) is 2.05. The Labute approximate surface area is 121 Å². The fraction of sp³-hybridized carbons (Fsp3) is 0.125. The highest BCUT2D eigenvalue weighted by Gasteiger charge is 2.03. The van der Waals surface area contributed by atoms with E-state index in [2.05, 4.69) is 15.5 Å². The minimum absolute atomic E-state index is 0.208. The molecule has 0 aliphatic rings. The highest BCUT2D eigenvalue weighted by atomic mass is 19.1. The molecule has 0 saturated carbocycles. The molecule has 0 spiro atoms. The van der Waals surface area contributed by atoms with Crippen LogP contribution in [-0.2, 0) is 6.42 Å². The van der Waals surface area contributed by atoms with Crippen molar-refractivity contribution in [3.63, 3.8) is 0 Å². The highest BCUT2D eigenvalue weighted by Crippen LogP contribution is 2.17. The third kappa shape index (κ3) is 3.45. The van der Waals surface area contributed by atoms with Gasteiger partial charge in [0.1, 0.15) is 17.9 Å². The van der Waals surface area contributed by atoms with E-state index in [0.29, 0.717) is 6.54 Å². The first-order chi connectivity index (χ1) is 10.3. The smallest absolute Gasteiger partial charge is 0.133 e. The SMILES string of the molecule is Fc1cccc(CCNc2cccc(-c3cnoc3)n2)c1. The normalized spacial score (nSPS) is 10.5. The summed E-state index contributed by atoms with van der Waals surface area (Å²) in [5.74, 6) is 0.560. The lowest BCUT2D eigenvalue weighted by molar-refractivity contribution is 0.420. The Morgan fingerprint density at radius 3 is 2.86 bits per heavy atom. The Morgan fingerprint density at radius 2 is 2.05 bits per heavy atom. The van der Waals surface area contributed by atoms with Crippen molar-refractivity contribution < 1.29 is 8.91 Å². The molecule has 0 saturated heterocycles. The zero-order valence-electron chi connectivity index (χ0n) is 11.3. The van der Waals surface area contributed by atoms with Gasteiger partial charge in [-0.2, -0.15) is 0 Å². The van der Waals surface area contributed by atoms with E-state index in [1.165, 1.54) is 6.07 Å². The standard InChI is InChI=1S/C16H14FN3O/c17-14-4-1-3-12(9-14)7-8-18-16-6-2-5-15(20-16)13-10-19-21-11-13/h1-6,9-11H,7-8H2,(H,18,20). The van der Waals surface area contributed by atoms with Crippen LogP contribution >= 0.6 is 0 Å². The van der Waals surface area contributed by atoms with E-state index in [-0.39, 0.29) is 5.82 Å². The third-order valence-electron chi connectivity index (χ3n) is 3.09. The molecule has 106 valence electrons. The van der Waals surface area contributed by atoms with Gasteiger partial charge in [-0.05, 0) is 36.2 Å². The Hall–Kier alpha value is -2.69. The van der Waals surface area contributed by atoms with Gasteiger partial charge >= 0.3 is 0 Å². The fourth-order valence-electron chi connectivity index (χ4n) is 2.05. The summed E-state index contributed by atoms with van der Waals surface area (Å²) in [5, 5.41) is 6.90. The molecule has 2 aromatic heterocycles. The van der Waals surface area contributed by atoms with Crippen LogP contribution in [0.2, 0.25) is 0 Å². The van der Waals surface area contributed by atoms with Crippen molar-refractivity contribution in [1.29, 1.82) is 0 Å². The second-order valence-electron chi connectivity index (χ2n) is 4.63. The molecule has 0 aliphatic carbocycles. The van der Waals surface area contributed by atoms with E-state index >= 15 is 0 Å². The zero-order chi connectivity index (χ0) is 14.5. The molecule has 1 N–H and O–H groups in total. The summed E-state index contributed by atoms with van der Waals surface area (Å²) in [4.78, 5) is 4.48. The maximum absolute atomic E-state index is 13.1. The van der Waals surface area contributed by atoms with Crippen LogP contribution < -0.4 is 5.32 Å². The molecule has 0 unspecified atom stereocenters. The van der Waals surface area contributed by atoms with Gasteiger partial charge in [0.2, 0.25) is 0 Å². The van der Waals surface area contributed by atoms with E-state index in [1.807, 2.05) is 24.3 Å². The first kappa shape index (κ1) is 13.3. The van der Waals surface area contributed by atoms with Crippen LogP contribution in [0.25, 0.3) is 11.3 Å². The Balaban J connectivity index is 1.62. The van der Waals surface area contributed by atoms with Crippen molar-refractivity contribution in [2.75, 3.05) is 11.9 Å². The lowest BCUT2D eigenvalue weighted by Gasteiger charge is -2.07. The number of pyridine rings is 1. The van der Waals surface area contributed by atoms with Crippen LogP contribution in [0.5, 0.6) is 0 Å². The molecule has 0 atom stereocenters. The van der Waals surface area contributed by atoms with E-state index in [0.717, 1.165) is 29.1 Å². The summed E-state index contributed by atoms with van der Waals surface area (Å²) < 4.78 is 17.9. The van der Waals surface area contributed by atoms with Crippen molar-refractivity contribution in [1.82, 2.24) is 10.1 Å². The first-order valence-corrected chi connectivity index (χ1v) is 6.66. The summed E-state index contributed by atoms with van der Waals surface area (Å²) >= 11 is 0. The van der Waals surface area contributed by atoms with Gasteiger partial charge in [0.15, 0.2) is 0 Å². The molecule has 0 fully saturated rings. The number of rotatable bonds is 5. The summed E-state index contributed by atoms with van der Waals surface area (Å²) in [6.45, 7) is 0.684. The minimum atomic E-state index is -0.208. The quantitative estimate of drug-likeness (QED) is 0.778. The number of nitrogens with one attached hydrogen (secondary N) is 1. The average Bonchev–Trinajstić information content (AvgIpc) is 3.02. The Bertz CT molecular complexity index is 713. The molecule has 0 bridgehead atoms. The topological polar surface area (TPSA) is 51.0 Å². The van der Waals surface area contributed by atoms with Gasteiger partial charge in [0.25, 0.3) is 0 Å². The monoisotopic (exact) mass is 283 g/mol. The van der Waals surface area contributed by atoms with E-state index < -0.39 is 0 Å². The Morgan fingerprint density at radius 1 is 1.14 bits per heavy atom. The summed E-state index contributed by atoms with van der Waals surface area (Å²) in [6, 6.07) is 12.3. The van der Waals surface area contributed by atoms with Gasteiger partial charge in [-0.25, -0.2) is 9.37 Å². The van der Waals surface area contributed by atoms with E-state index in [9.17, 15) is 4.39 Å². The summed E-state index contributed by atoms with van der Waals surface area (Å²) in [5.41, 5.74) is 2.59. The number of hydrogen-bond donors (Lipinski definition) is 1. The van der Waals surface area contributed by atoms with Crippen molar-refractivity contribution in [3.05, 3.63) is 66.3 Å². The van der Waals surface area contributed by atoms with Crippen LogP contribution in [0, 0.1) is 5.82 Å². The van der Waals surface area contributed by atoms with E-state index in [4.69, 9.17) is 4.52 Å². The number of hydrogen-bond acceptors (Lipinski definition) is 4. The van der Waals surface area contributed by atoms with Gasteiger partial charge in [0, 0.05) is 6.54 Å². The van der Waals surface area contributed by atoms with Crippen molar-refractivity contribution in [2.45, 2.75) is 6.42 Å². The number of aromatic nitrogens is 2. The molecule has 1 aromatic carbocycles. The lowest BCUT2D eigenvalue weighted by Crippen LogP contribution is -2.06. The molecular formula is C16H14FN3O. The van der Waals surface area contributed by atoms with Crippen LogP contribution in [0.15, 0.2) is 59.4 Å². The lowest BCUT2D eigenvalue weighted by atomic mass is 10.1. The third-order valence-corrected chi connectivity index (χ3v) is 3.09. The minimum Gasteiger partial charge on any atom is -0.370 e. The van der Waals surface area contributed by atoms with E-state index in [1.54, 1.807) is 24.6 Å². The van der Waals surface area contributed by atoms with Crippen molar-refractivity contribution in [3.8, 4) is 11.3 Å². The molecule has 2 heterocycles. The van der Waals surface area contributed by atoms with Gasteiger partial charge < -0.3 is 9.84 Å². The van der Waals surface area contributed by atoms with Crippen molar-refractivity contribution in [2.24, 2.45) is 0 Å². The van der Waals surface area contributed by atoms with Gasteiger partial charge in [-0.3, -0.25) is 0 Å². The van der Waals surface area contributed by atoms with Crippen LogP contribution in [0.1, 0.15) is 5.56 Å². The number of benzene rings is 1. The molecule has 0 aliphatic heterocycles.